The summed E-state index contributed by atoms with van der Waals surface area (Å²) in [5, 5.41) is 10.4. The number of phosphoric acid groups is 3. The SMILES string of the molecule is Nc1ncnc2c1nc1n2[C@@H]2O[C@H](COP(=O)(O)OP(=O)(O)OP(=O)(O)O)[C@@H](O)[C@@H]2S1. The van der Waals surface area contributed by atoms with Crippen molar-refractivity contribution in [3.05, 3.63) is 6.33 Å². The second kappa shape index (κ2) is 7.81. The van der Waals surface area contributed by atoms with Crippen molar-refractivity contribution in [2.45, 2.75) is 28.8 Å². The zero-order chi connectivity index (χ0) is 22.8. The first-order valence-corrected chi connectivity index (χ1v) is 13.4. The summed E-state index contributed by atoms with van der Waals surface area (Å²) in [7, 11) is -16.5. The fourth-order valence-corrected chi connectivity index (χ4v) is 7.34. The van der Waals surface area contributed by atoms with E-state index in [-0.39, 0.29) is 5.82 Å². The minimum atomic E-state index is -5.65. The van der Waals surface area contributed by atoms with Gasteiger partial charge in [-0.05, 0) is 0 Å². The monoisotopic (exact) mass is 521 g/mol. The normalized spacial score (nSPS) is 29.5. The van der Waals surface area contributed by atoms with Crippen molar-refractivity contribution >= 4 is 52.2 Å². The third-order valence-corrected chi connectivity index (χ3v) is 9.18. The second-order valence-corrected chi connectivity index (χ2v) is 11.8. The molecule has 7 N–H and O–H groups in total. The number of fused-ring (bicyclic) bond motifs is 5. The fraction of sp³-hybridized carbons (Fsp3) is 0.500. The molecule has 0 aromatic carbocycles. The van der Waals surface area contributed by atoms with Crippen LogP contribution in [0.2, 0.25) is 0 Å². The predicted molar refractivity (Wildman–Crippen MR) is 99.1 cm³/mol. The standard InChI is InChI=1S/C10H14N5O12P3S/c11-7-4-8(13-2-12-7)15-9-6(31-10(15)14-4)5(16)3(25-9)1-24-29(20,21)27-30(22,23)26-28(17,18)19/h2-3,5-6,9,16H,1H2,(H,20,21)(H,22,23)(H2,11,12,13)(H2,17,18,19)/t3-,5-,6+,9-/m1/s1. The molecule has 2 aliphatic rings. The largest absolute Gasteiger partial charge is 0.490 e. The van der Waals surface area contributed by atoms with E-state index in [2.05, 4.69) is 28.1 Å². The highest BCUT2D eigenvalue weighted by molar-refractivity contribution is 8.00. The molecule has 2 aromatic rings. The van der Waals surface area contributed by atoms with Crippen LogP contribution < -0.4 is 5.73 Å². The highest BCUT2D eigenvalue weighted by Crippen LogP contribution is 2.66. The Kier molecular flexibility index (Phi) is 5.85. The summed E-state index contributed by atoms with van der Waals surface area (Å²) in [6.45, 7) is -0.780. The molecular formula is C10H14N5O12P3S. The maximum atomic E-state index is 11.9. The van der Waals surface area contributed by atoms with Crippen LogP contribution in [-0.2, 0) is 31.6 Å². The molecule has 2 aliphatic heterocycles. The molecule has 0 saturated carbocycles. The topological polar surface area (TPSA) is 259 Å². The molecular weight excluding hydrogens is 507 g/mol. The Bertz CT molecular complexity index is 1170. The first-order chi connectivity index (χ1) is 14.3. The van der Waals surface area contributed by atoms with E-state index in [0.717, 1.165) is 11.8 Å². The molecule has 0 amide bonds. The van der Waals surface area contributed by atoms with Crippen molar-refractivity contribution in [1.29, 1.82) is 0 Å². The van der Waals surface area contributed by atoms with Crippen LogP contribution in [0.1, 0.15) is 6.23 Å². The molecule has 0 spiro atoms. The van der Waals surface area contributed by atoms with Crippen LogP contribution in [0.4, 0.5) is 5.82 Å². The van der Waals surface area contributed by atoms with Crippen LogP contribution in [0.25, 0.3) is 11.2 Å². The number of aromatic nitrogens is 4. The number of hydrogen-bond donors (Lipinski definition) is 6. The number of hydrogen-bond acceptors (Lipinski definition) is 13. The highest BCUT2D eigenvalue weighted by atomic mass is 32.2. The molecule has 172 valence electrons. The lowest BCUT2D eigenvalue weighted by atomic mass is 10.2. The van der Waals surface area contributed by atoms with Gasteiger partial charge in [-0.3, -0.25) is 9.09 Å². The summed E-state index contributed by atoms with van der Waals surface area (Å²) in [6.07, 6.45) is -1.97. The van der Waals surface area contributed by atoms with Gasteiger partial charge in [0, 0.05) is 0 Å². The molecule has 4 heterocycles. The molecule has 17 nitrogen and oxygen atoms in total. The molecule has 31 heavy (non-hydrogen) atoms. The fourth-order valence-electron chi connectivity index (χ4n) is 3.00. The van der Waals surface area contributed by atoms with Gasteiger partial charge in [-0.2, -0.15) is 8.62 Å². The molecule has 2 unspecified atom stereocenters. The minimum absolute atomic E-state index is 0.145. The number of anilines is 1. The molecule has 1 fully saturated rings. The average molecular weight is 521 g/mol. The molecule has 0 radical (unpaired) electrons. The highest BCUT2D eigenvalue weighted by Gasteiger charge is 2.52. The Morgan fingerprint density at radius 3 is 2.55 bits per heavy atom. The van der Waals surface area contributed by atoms with Gasteiger partial charge < -0.3 is 35.2 Å². The molecule has 2 aromatic heterocycles. The van der Waals surface area contributed by atoms with E-state index in [4.69, 9.17) is 25.2 Å². The number of aliphatic hydroxyl groups excluding tert-OH is 1. The zero-order valence-corrected chi connectivity index (χ0v) is 18.3. The number of aliphatic hydroxyl groups is 1. The number of thioether (sulfide) groups is 1. The van der Waals surface area contributed by atoms with Gasteiger partial charge in [0.25, 0.3) is 0 Å². The third-order valence-electron chi connectivity index (χ3n) is 4.10. The maximum Gasteiger partial charge on any atom is 0.490 e. The predicted octanol–water partition coefficient (Wildman–Crippen LogP) is -0.516. The molecule has 1 saturated heterocycles. The van der Waals surface area contributed by atoms with Crippen molar-refractivity contribution < 1.29 is 56.3 Å². The smallest absolute Gasteiger partial charge is 0.389 e. The van der Waals surface area contributed by atoms with Crippen LogP contribution in [-0.4, -0.2) is 68.3 Å². The first-order valence-electron chi connectivity index (χ1n) is 8.03. The quantitative estimate of drug-likeness (QED) is 0.250. The summed E-state index contributed by atoms with van der Waals surface area (Å²) in [6, 6.07) is 0. The van der Waals surface area contributed by atoms with E-state index < -0.39 is 53.8 Å². The first kappa shape index (κ1) is 23.2. The van der Waals surface area contributed by atoms with Gasteiger partial charge in [0.05, 0.1) is 18.0 Å². The molecule has 4 rings (SSSR count). The number of imidazole rings is 1. The Morgan fingerprint density at radius 1 is 1.16 bits per heavy atom. The van der Waals surface area contributed by atoms with Crippen molar-refractivity contribution in [1.82, 2.24) is 19.5 Å². The van der Waals surface area contributed by atoms with Crippen LogP contribution in [0.5, 0.6) is 0 Å². The van der Waals surface area contributed by atoms with E-state index >= 15 is 0 Å². The zero-order valence-electron chi connectivity index (χ0n) is 14.8. The Morgan fingerprint density at radius 2 is 1.87 bits per heavy atom. The molecule has 6 atom stereocenters. The van der Waals surface area contributed by atoms with Gasteiger partial charge >= 0.3 is 23.5 Å². The Labute approximate surface area is 176 Å². The number of ether oxygens (including phenoxy) is 1. The number of phosphoric ester groups is 1. The lowest BCUT2D eigenvalue weighted by Crippen LogP contribution is -2.31. The van der Waals surface area contributed by atoms with E-state index in [1.54, 1.807) is 4.57 Å². The van der Waals surface area contributed by atoms with Gasteiger partial charge in [-0.15, -0.1) is 0 Å². The van der Waals surface area contributed by atoms with Gasteiger partial charge in [0.1, 0.15) is 12.4 Å². The van der Waals surface area contributed by atoms with Crippen molar-refractivity contribution in [3.8, 4) is 0 Å². The lowest BCUT2D eigenvalue weighted by Gasteiger charge is -2.19. The van der Waals surface area contributed by atoms with Gasteiger partial charge in [-0.1, -0.05) is 11.8 Å². The van der Waals surface area contributed by atoms with E-state index in [1.165, 1.54) is 6.33 Å². The van der Waals surface area contributed by atoms with Crippen LogP contribution in [0.15, 0.2) is 11.5 Å². The maximum absolute atomic E-state index is 11.9. The lowest BCUT2D eigenvalue weighted by molar-refractivity contribution is -0.0439. The second-order valence-electron chi connectivity index (χ2n) is 6.22. The summed E-state index contributed by atoms with van der Waals surface area (Å²) in [5.41, 5.74) is 6.45. The third kappa shape index (κ3) is 4.72. The molecule has 21 heteroatoms. The van der Waals surface area contributed by atoms with Gasteiger partial charge in [0.2, 0.25) is 0 Å². The van der Waals surface area contributed by atoms with Crippen LogP contribution in [0.3, 0.4) is 0 Å². The van der Waals surface area contributed by atoms with Crippen molar-refractivity contribution in [2.75, 3.05) is 12.3 Å². The summed E-state index contributed by atoms with van der Waals surface area (Å²) < 4.78 is 52.9. The van der Waals surface area contributed by atoms with E-state index in [9.17, 15) is 23.7 Å². The van der Waals surface area contributed by atoms with Gasteiger partial charge in [0.15, 0.2) is 28.4 Å². The van der Waals surface area contributed by atoms with E-state index in [1.807, 2.05) is 0 Å². The summed E-state index contributed by atoms with van der Waals surface area (Å²) in [4.78, 5) is 48.0. The Hall–Kier alpha value is -0.970. The summed E-state index contributed by atoms with van der Waals surface area (Å²) >= 11 is 1.15. The van der Waals surface area contributed by atoms with E-state index in [0.29, 0.717) is 16.3 Å². The van der Waals surface area contributed by atoms with Crippen molar-refractivity contribution in [2.24, 2.45) is 0 Å². The number of nitrogen functional groups attached to an aromatic ring is 1. The number of rotatable bonds is 7. The number of nitrogens with two attached hydrogens (primary N) is 1. The van der Waals surface area contributed by atoms with Crippen molar-refractivity contribution in [3.63, 3.8) is 0 Å². The number of nitrogens with zero attached hydrogens (tertiary/aromatic N) is 4. The van der Waals surface area contributed by atoms with Crippen LogP contribution in [0, 0.1) is 0 Å². The van der Waals surface area contributed by atoms with Crippen LogP contribution >= 0.6 is 35.2 Å². The molecule has 0 bridgehead atoms. The molecule has 0 aliphatic carbocycles. The average Bonchev–Trinajstić information content (AvgIpc) is 3.20. The summed E-state index contributed by atoms with van der Waals surface area (Å²) in [5.74, 6) is 0.145. The van der Waals surface area contributed by atoms with Gasteiger partial charge in [-0.25, -0.2) is 28.6 Å². The minimum Gasteiger partial charge on any atom is -0.389 e. The Balaban J connectivity index is 1.45.